The summed E-state index contributed by atoms with van der Waals surface area (Å²) in [7, 11) is 0. The van der Waals surface area contributed by atoms with E-state index in [0.29, 0.717) is 23.6 Å². The molecule has 0 radical (unpaired) electrons. The number of nitrogens with one attached hydrogen (secondary N) is 2. The van der Waals surface area contributed by atoms with Crippen molar-refractivity contribution in [3.8, 4) is 0 Å². The summed E-state index contributed by atoms with van der Waals surface area (Å²) in [6.45, 7) is 1.60. The van der Waals surface area contributed by atoms with Crippen LogP contribution < -0.4 is 10.6 Å². The zero-order valence-electron chi connectivity index (χ0n) is 17.3. The summed E-state index contributed by atoms with van der Waals surface area (Å²) in [5, 5.41) is 6.11. The Balaban J connectivity index is 1.53. The van der Waals surface area contributed by atoms with Gasteiger partial charge in [0.15, 0.2) is 5.11 Å². The molecule has 29 heavy (non-hydrogen) atoms. The fourth-order valence-electron chi connectivity index (χ4n) is 4.38. The first-order valence-electron chi connectivity index (χ1n) is 11.1. The summed E-state index contributed by atoms with van der Waals surface area (Å²) < 4.78 is 0. The van der Waals surface area contributed by atoms with E-state index in [1.807, 2.05) is 29.2 Å². The third-order valence-corrected chi connectivity index (χ3v) is 6.26. The molecule has 1 aliphatic heterocycles. The summed E-state index contributed by atoms with van der Waals surface area (Å²) in [4.78, 5) is 27.2. The van der Waals surface area contributed by atoms with Gasteiger partial charge < -0.3 is 15.5 Å². The molecule has 2 fully saturated rings. The third-order valence-electron chi connectivity index (χ3n) is 6.06. The molecule has 6 heteroatoms. The van der Waals surface area contributed by atoms with Crippen LogP contribution in [0.1, 0.15) is 81.0 Å². The number of benzene rings is 1. The van der Waals surface area contributed by atoms with Crippen LogP contribution in [-0.2, 0) is 4.79 Å². The first-order valence-corrected chi connectivity index (χ1v) is 11.5. The number of para-hydroxylation sites is 1. The Morgan fingerprint density at radius 2 is 1.62 bits per heavy atom. The van der Waals surface area contributed by atoms with E-state index in [1.165, 1.54) is 44.9 Å². The van der Waals surface area contributed by atoms with Gasteiger partial charge in [-0.25, -0.2) is 0 Å². The maximum absolute atomic E-state index is 13.0. The minimum atomic E-state index is -0.0515. The Morgan fingerprint density at radius 1 is 0.966 bits per heavy atom. The van der Waals surface area contributed by atoms with Crippen LogP contribution >= 0.6 is 12.2 Å². The molecular formula is C23H33N3O2S. The zero-order chi connectivity index (χ0) is 20.5. The van der Waals surface area contributed by atoms with Crippen molar-refractivity contribution in [1.29, 1.82) is 0 Å². The van der Waals surface area contributed by atoms with Crippen LogP contribution in [0, 0.1) is 5.92 Å². The summed E-state index contributed by atoms with van der Waals surface area (Å²) in [6, 6.07) is 7.39. The fraction of sp³-hybridized carbons (Fsp3) is 0.609. The molecule has 0 unspecified atom stereocenters. The van der Waals surface area contributed by atoms with Crippen LogP contribution in [0.4, 0.5) is 5.69 Å². The Hall–Kier alpha value is -1.95. The van der Waals surface area contributed by atoms with E-state index in [9.17, 15) is 9.59 Å². The number of carbonyl (C=O) groups is 2. The number of rotatable bonds is 5. The lowest BCUT2D eigenvalue weighted by molar-refractivity contribution is -0.120. The molecule has 0 bridgehead atoms. The zero-order valence-corrected chi connectivity index (χ0v) is 18.1. The highest BCUT2D eigenvalue weighted by molar-refractivity contribution is 7.80. The Morgan fingerprint density at radius 3 is 2.34 bits per heavy atom. The third kappa shape index (κ3) is 6.81. The van der Waals surface area contributed by atoms with Gasteiger partial charge in [-0.05, 0) is 49.5 Å². The van der Waals surface area contributed by atoms with Crippen LogP contribution in [-0.4, -0.2) is 34.9 Å². The summed E-state index contributed by atoms with van der Waals surface area (Å²) in [5.74, 6) is 0.647. The Labute approximate surface area is 179 Å². The monoisotopic (exact) mass is 415 g/mol. The predicted octanol–water partition coefficient (Wildman–Crippen LogP) is 4.88. The molecule has 2 aliphatic rings. The van der Waals surface area contributed by atoms with Gasteiger partial charge in [0.1, 0.15) is 0 Å². The topological polar surface area (TPSA) is 61.4 Å². The second-order valence-corrected chi connectivity index (χ2v) is 8.71. The van der Waals surface area contributed by atoms with Crippen molar-refractivity contribution in [2.45, 2.75) is 70.6 Å². The highest BCUT2D eigenvalue weighted by Crippen LogP contribution is 2.27. The average molecular weight is 416 g/mol. The van der Waals surface area contributed by atoms with Crippen molar-refractivity contribution >= 4 is 34.8 Å². The predicted molar refractivity (Wildman–Crippen MR) is 121 cm³/mol. The quantitative estimate of drug-likeness (QED) is 0.673. The van der Waals surface area contributed by atoms with Crippen molar-refractivity contribution in [3.63, 3.8) is 0 Å². The summed E-state index contributed by atoms with van der Waals surface area (Å²) >= 11 is 5.34. The standard InChI is InChI=1S/C23H33N3O2S/c27-21(15-14-18-10-4-3-5-11-18)25-23(29)24-20-13-7-6-12-19(20)22(28)26-16-8-1-2-9-17-26/h6-7,12-13,18H,1-5,8-11,14-17H2,(H2,24,25,27,29). The second-order valence-electron chi connectivity index (χ2n) is 8.30. The minimum absolute atomic E-state index is 0.0291. The van der Waals surface area contributed by atoms with E-state index >= 15 is 0 Å². The molecule has 1 aromatic carbocycles. The Bertz CT molecular complexity index is 708. The van der Waals surface area contributed by atoms with Gasteiger partial charge in [-0.2, -0.15) is 0 Å². The SMILES string of the molecule is O=C(CCC1CCCCC1)NC(=S)Nc1ccccc1C(=O)N1CCCCCC1. The van der Waals surface area contributed by atoms with Gasteiger partial charge in [-0.15, -0.1) is 0 Å². The van der Waals surface area contributed by atoms with E-state index in [0.717, 1.165) is 32.4 Å². The average Bonchev–Trinajstić information content (AvgIpc) is 3.02. The van der Waals surface area contributed by atoms with E-state index < -0.39 is 0 Å². The molecule has 5 nitrogen and oxygen atoms in total. The molecular weight excluding hydrogens is 382 g/mol. The second kappa shape index (κ2) is 11.3. The molecule has 3 rings (SSSR count). The summed E-state index contributed by atoms with van der Waals surface area (Å²) in [6.07, 6.45) is 12.3. The molecule has 1 saturated carbocycles. The molecule has 1 aromatic rings. The van der Waals surface area contributed by atoms with E-state index in [4.69, 9.17) is 12.2 Å². The molecule has 2 N–H and O–H groups in total. The van der Waals surface area contributed by atoms with Crippen LogP contribution in [0.2, 0.25) is 0 Å². The van der Waals surface area contributed by atoms with Gasteiger partial charge in [0.25, 0.3) is 5.91 Å². The van der Waals surface area contributed by atoms with Crippen molar-refractivity contribution in [1.82, 2.24) is 10.2 Å². The fourth-order valence-corrected chi connectivity index (χ4v) is 4.60. The van der Waals surface area contributed by atoms with Gasteiger partial charge >= 0.3 is 0 Å². The number of anilines is 1. The van der Waals surface area contributed by atoms with Gasteiger partial charge in [-0.1, -0.05) is 57.1 Å². The van der Waals surface area contributed by atoms with Gasteiger partial charge in [0, 0.05) is 19.5 Å². The first kappa shape index (κ1) is 21.8. The normalized spacial score (nSPS) is 18.0. The largest absolute Gasteiger partial charge is 0.339 e. The van der Waals surface area contributed by atoms with Crippen molar-refractivity contribution < 1.29 is 9.59 Å². The molecule has 1 saturated heterocycles. The maximum atomic E-state index is 13.0. The number of thiocarbonyl (C=S) groups is 1. The number of nitrogens with zero attached hydrogens (tertiary/aromatic N) is 1. The first-order chi connectivity index (χ1) is 14.1. The van der Waals surface area contributed by atoms with Gasteiger partial charge in [0.05, 0.1) is 11.3 Å². The summed E-state index contributed by atoms with van der Waals surface area (Å²) in [5.41, 5.74) is 1.26. The minimum Gasteiger partial charge on any atom is -0.339 e. The van der Waals surface area contributed by atoms with E-state index in [1.54, 1.807) is 0 Å². The number of likely N-dealkylation sites (tertiary alicyclic amines) is 1. The number of amides is 2. The van der Waals surface area contributed by atoms with Gasteiger partial charge in [0.2, 0.25) is 5.91 Å². The lowest BCUT2D eigenvalue weighted by Crippen LogP contribution is -2.36. The lowest BCUT2D eigenvalue weighted by Gasteiger charge is -2.22. The van der Waals surface area contributed by atoms with Crippen molar-refractivity contribution in [2.24, 2.45) is 5.92 Å². The maximum Gasteiger partial charge on any atom is 0.255 e. The molecule has 1 heterocycles. The molecule has 0 aromatic heterocycles. The number of hydrogen-bond acceptors (Lipinski definition) is 3. The van der Waals surface area contributed by atoms with E-state index in [-0.39, 0.29) is 16.9 Å². The van der Waals surface area contributed by atoms with Crippen molar-refractivity contribution in [2.75, 3.05) is 18.4 Å². The Kier molecular flexibility index (Phi) is 8.47. The molecule has 1 aliphatic carbocycles. The van der Waals surface area contributed by atoms with Crippen LogP contribution in [0.15, 0.2) is 24.3 Å². The highest BCUT2D eigenvalue weighted by atomic mass is 32.1. The van der Waals surface area contributed by atoms with Crippen LogP contribution in [0.25, 0.3) is 0 Å². The van der Waals surface area contributed by atoms with Gasteiger partial charge in [-0.3, -0.25) is 9.59 Å². The highest BCUT2D eigenvalue weighted by Gasteiger charge is 2.20. The molecule has 2 amide bonds. The molecule has 0 spiro atoms. The smallest absolute Gasteiger partial charge is 0.255 e. The van der Waals surface area contributed by atoms with Crippen molar-refractivity contribution in [3.05, 3.63) is 29.8 Å². The number of carbonyl (C=O) groups excluding carboxylic acids is 2. The molecule has 0 atom stereocenters. The van der Waals surface area contributed by atoms with Crippen LogP contribution in [0.5, 0.6) is 0 Å². The number of hydrogen-bond donors (Lipinski definition) is 2. The van der Waals surface area contributed by atoms with E-state index in [2.05, 4.69) is 10.6 Å². The van der Waals surface area contributed by atoms with Crippen LogP contribution in [0.3, 0.4) is 0 Å². The molecule has 158 valence electrons. The lowest BCUT2D eigenvalue weighted by atomic mass is 9.86.